The predicted molar refractivity (Wildman–Crippen MR) is 94.3 cm³/mol. The van der Waals surface area contributed by atoms with E-state index in [1.807, 2.05) is 0 Å². The number of rotatable bonds is 3. The Bertz CT molecular complexity index is 861. The molecule has 3 rings (SSSR count). The Morgan fingerprint density at radius 1 is 1.16 bits per heavy atom. The highest BCUT2D eigenvalue weighted by Crippen LogP contribution is 2.29. The van der Waals surface area contributed by atoms with E-state index in [0.29, 0.717) is 24.2 Å². The van der Waals surface area contributed by atoms with Crippen molar-refractivity contribution in [2.45, 2.75) is 17.9 Å². The lowest BCUT2D eigenvalue weighted by Crippen LogP contribution is -2.48. The minimum atomic E-state index is -3.88. The number of sulfonamides is 1. The van der Waals surface area contributed by atoms with E-state index in [4.69, 9.17) is 0 Å². The standard InChI is InChI=1S/C17H18F2N2O2S.ClH/c1-12-5-6-15(10-16(12)19)24(22,23)21-8-7-20-11-17(21)13-3-2-4-14(18)9-13;/h2-6,9-10,17,20H,7-8,11H2,1H3;1H. The quantitative estimate of drug-likeness (QED) is 0.879. The summed E-state index contributed by atoms with van der Waals surface area (Å²) in [6.45, 7) is 2.67. The SMILES string of the molecule is Cc1ccc(S(=O)(=O)N2CCNCC2c2cccc(F)c2)cc1F.Cl. The van der Waals surface area contributed by atoms with Crippen LogP contribution in [0.1, 0.15) is 17.2 Å². The first kappa shape index (κ1) is 19.8. The summed E-state index contributed by atoms with van der Waals surface area (Å²) in [5.41, 5.74) is 0.953. The fourth-order valence-corrected chi connectivity index (χ4v) is 4.47. The lowest BCUT2D eigenvalue weighted by atomic mass is 10.1. The van der Waals surface area contributed by atoms with Crippen LogP contribution in [0.5, 0.6) is 0 Å². The summed E-state index contributed by atoms with van der Waals surface area (Å²) < 4.78 is 54.6. The third-order valence-corrected chi connectivity index (χ3v) is 6.08. The number of halogens is 3. The van der Waals surface area contributed by atoms with Gasteiger partial charge in [0.2, 0.25) is 10.0 Å². The molecule has 0 bridgehead atoms. The predicted octanol–water partition coefficient (Wildman–Crippen LogP) is 3.03. The average molecular weight is 389 g/mol. The van der Waals surface area contributed by atoms with Gasteiger partial charge < -0.3 is 5.32 Å². The Morgan fingerprint density at radius 2 is 1.92 bits per heavy atom. The Labute approximate surface area is 152 Å². The van der Waals surface area contributed by atoms with Crippen LogP contribution in [0.2, 0.25) is 0 Å². The van der Waals surface area contributed by atoms with Gasteiger partial charge in [0.15, 0.2) is 0 Å². The highest BCUT2D eigenvalue weighted by Gasteiger charge is 2.34. The highest BCUT2D eigenvalue weighted by atomic mass is 35.5. The van der Waals surface area contributed by atoms with E-state index in [2.05, 4.69) is 5.32 Å². The molecule has 1 heterocycles. The zero-order valence-electron chi connectivity index (χ0n) is 13.6. The van der Waals surface area contributed by atoms with Crippen molar-refractivity contribution in [3.8, 4) is 0 Å². The van der Waals surface area contributed by atoms with Gasteiger partial charge in [0, 0.05) is 19.6 Å². The molecule has 0 spiro atoms. The zero-order chi connectivity index (χ0) is 17.3. The first-order chi connectivity index (χ1) is 11.4. The maximum atomic E-state index is 13.8. The molecule has 0 radical (unpaired) electrons. The van der Waals surface area contributed by atoms with Gasteiger partial charge in [-0.05, 0) is 42.3 Å². The van der Waals surface area contributed by atoms with Gasteiger partial charge in [0.1, 0.15) is 11.6 Å². The molecule has 136 valence electrons. The van der Waals surface area contributed by atoms with Gasteiger partial charge in [0.05, 0.1) is 10.9 Å². The van der Waals surface area contributed by atoms with Crippen LogP contribution in [0, 0.1) is 18.6 Å². The van der Waals surface area contributed by atoms with Crippen LogP contribution in [0.3, 0.4) is 0 Å². The molecule has 2 aromatic carbocycles. The highest BCUT2D eigenvalue weighted by molar-refractivity contribution is 7.89. The molecule has 0 aliphatic carbocycles. The monoisotopic (exact) mass is 388 g/mol. The van der Waals surface area contributed by atoms with Crippen molar-refractivity contribution in [1.29, 1.82) is 0 Å². The molecule has 25 heavy (non-hydrogen) atoms. The Hall–Kier alpha value is -1.54. The topological polar surface area (TPSA) is 49.4 Å². The number of nitrogens with zero attached hydrogens (tertiary/aromatic N) is 1. The Morgan fingerprint density at radius 3 is 2.60 bits per heavy atom. The van der Waals surface area contributed by atoms with Crippen LogP contribution < -0.4 is 5.32 Å². The fourth-order valence-electron chi connectivity index (χ4n) is 2.84. The van der Waals surface area contributed by atoms with Crippen LogP contribution in [0.15, 0.2) is 47.4 Å². The summed E-state index contributed by atoms with van der Waals surface area (Å²) in [7, 11) is -3.88. The molecule has 1 unspecified atom stereocenters. The van der Waals surface area contributed by atoms with Gasteiger partial charge in [-0.1, -0.05) is 18.2 Å². The van der Waals surface area contributed by atoms with Crippen LogP contribution in [0.25, 0.3) is 0 Å². The van der Waals surface area contributed by atoms with Gasteiger partial charge >= 0.3 is 0 Å². The number of aryl methyl sites for hydroxylation is 1. The maximum absolute atomic E-state index is 13.8. The van der Waals surface area contributed by atoms with E-state index in [1.54, 1.807) is 19.1 Å². The van der Waals surface area contributed by atoms with Crippen molar-refractivity contribution in [1.82, 2.24) is 9.62 Å². The maximum Gasteiger partial charge on any atom is 0.243 e. The van der Waals surface area contributed by atoms with Gasteiger partial charge in [-0.25, -0.2) is 17.2 Å². The van der Waals surface area contributed by atoms with E-state index >= 15 is 0 Å². The summed E-state index contributed by atoms with van der Waals surface area (Å²) in [5, 5.41) is 3.12. The molecule has 0 aromatic heterocycles. The van der Waals surface area contributed by atoms with Crippen LogP contribution in [0.4, 0.5) is 8.78 Å². The normalized spacial score (nSPS) is 18.6. The third-order valence-electron chi connectivity index (χ3n) is 4.18. The summed E-state index contributed by atoms with van der Waals surface area (Å²) in [4.78, 5) is -0.0890. The smallest absolute Gasteiger partial charge is 0.243 e. The van der Waals surface area contributed by atoms with Gasteiger partial charge in [-0.2, -0.15) is 4.31 Å². The van der Waals surface area contributed by atoms with Crippen molar-refractivity contribution in [3.05, 3.63) is 65.2 Å². The first-order valence-corrected chi connectivity index (χ1v) is 9.08. The molecule has 1 N–H and O–H groups in total. The van der Waals surface area contributed by atoms with Crippen LogP contribution >= 0.6 is 12.4 Å². The molecular weight excluding hydrogens is 370 g/mol. The summed E-state index contributed by atoms with van der Waals surface area (Å²) in [6, 6.07) is 9.23. The average Bonchev–Trinajstić information content (AvgIpc) is 2.57. The summed E-state index contributed by atoms with van der Waals surface area (Å²) in [5.74, 6) is -0.981. The van der Waals surface area contributed by atoms with Crippen LogP contribution in [-0.4, -0.2) is 32.4 Å². The van der Waals surface area contributed by atoms with Crippen LogP contribution in [-0.2, 0) is 10.0 Å². The Balaban J connectivity index is 0.00000225. The second-order valence-corrected chi connectivity index (χ2v) is 7.69. The molecule has 1 atom stereocenters. The lowest BCUT2D eigenvalue weighted by Gasteiger charge is -2.35. The molecule has 0 amide bonds. The second kappa shape index (κ2) is 7.78. The third kappa shape index (κ3) is 4.00. The summed E-state index contributed by atoms with van der Waals surface area (Å²) >= 11 is 0. The van der Waals surface area contributed by atoms with Gasteiger partial charge in [-0.15, -0.1) is 12.4 Å². The zero-order valence-corrected chi connectivity index (χ0v) is 15.2. The number of hydrogen-bond donors (Lipinski definition) is 1. The Kier molecular flexibility index (Phi) is 6.16. The van der Waals surface area contributed by atoms with E-state index in [-0.39, 0.29) is 23.8 Å². The molecule has 1 fully saturated rings. The lowest BCUT2D eigenvalue weighted by molar-refractivity contribution is 0.271. The number of hydrogen-bond acceptors (Lipinski definition) is 3. The molecular formula is C17H19ClF2N2O2S. The molecule has 8 heteroatoms. The molecule has 1 aliphatic heterocycles. The van der Waals surface area contributed by atoms with Crippen molar-refractivity contribution in [2.75, 3.05) is 19.6 Å². The van der Waals surface area contributed by atoms with E-state index in [9.17, 15) is 17.2 Å². The summed E-state index contributed by atoms with van der Waals surface area (Å²) in [6.07, 6.45) is 0. The first-order valence-electron chi connectivity index (χ1n) is 7.64. The van der Waals surface area contributed by atoms with Crippen molar-refractivity contribution in [2.24, 2.45) is 0 Å². The van der Waals surface area contributed by atoms with E-state index in [0.717, 1.165) is 6.07 Å². The second-order valence-electron chi connectivity index (χ2n) is 5.80. The molecule has 2 aromatic rings. The minimum absolute atomic E-state index is 0. The largest absolute Gasteiger partial charge is 0.313 e. The van der Waals surface area contributed by atoms with Gasteiger partial charge in [0.25, 0.3) is 0 Å². The molecule has 1 saturated heterocycles. The minimum Gasteiger partial charge on any atom is -0.313 e. The van der Waals surface area contributed by atoms with E-state index < -0.39 is 27.7 Å². The molecule has 1 aliphatic rings. The van der Waals surface area contributed by atoms with Gasteiger partial charge in [-0.3, -0.25) is 0 Å². The fraction of sp³-hybridized carbons (Fsp3) is 0.294. The molecule has 4 nitrogen and oxygen atoms in total. The molecule has 0 saturated carbocycles. The number of benzene rings is 2. The number of piperazine rings is 1. The van der Waals surface area contributed by atoms with E-state index in [1.165, 1.54) is 28.6 Å². The van der Waals surface area contributed by atoms with Crippen molar-refractivity contribution in [3.63, 3.8) is 0 Å². The number of nitrogens with one attached hydrogen (secondary N) is 1. The van der Waals surface area contributed by atoms with Crippen molar-refractivity contribution < 1.29 is 17.2 Å². The van der Waals surface area contributed by atoms with Crippen molar-refractivity contribution >= 4 is 22.4 Å².